The second-order valence-electron chi connectivity index (χ2n) is 6.75. The maximum Gasteiger partial charge on any atom is 0.227 e. The van der Waals surface area contributed by atoms with Crippen LogP contribution in [0.2, 0.25) is 0 Å². The first-order valence-electron chi connectivity index (χ1n) is 9.27. The molecule has 4 heterocycles. The fourth-order valence-corrected chi connectivity index (χ4v) is 3.51. The van der Waals surface area contributed by atoms with Crippen LogP contribution >= 0.6 is 0 Å². The molecule has 4 rings (SSSR count). The van der Waals surface area contributed by atoms with Crippen LogP contribution in [0.3, 0.4) is 0 Å². The summed E-state index contributed by atoms with van der Waals surface area (Å²) in [5, 5.41) is 9.32. The third kappa shape index (κ3) is 3.78. The summed E-state index contributed by atoms with van der Waals surface area (Å²) in [4.78, 5) is 20.3. The molecule has 2 aliphatic heterocycles. The quantitative estimate of drug-likeness (QED) is 0.803. The summed E-state index contributed by atoms with van der Waals surface area (Å²) in [7, 11) is 0. The van der Waals surface area contributed by atoms with E-state index >= 15 is 0 Å². The summed E-state index contributed by atoms with van der Waals surface area (Å²) in [6, 6.07) is 6.06. The molecule has 2 saturated heterocycles. The predicted octanol–water partition coefficient (Wildman–Crippen LogP) is 1.21. The van der Waals surface area contributed by atoms with Gasteiger partial charge in [0, 0.05) is 57.2 Å². The van der Waals surface area contributed by atoms with Crippen molar-refractivity contribution in [3.05, 3.63) is 35.8 Å². The van der Waals surface area contributed by atoms with E-state index in [9.17, 15) is 5.26 Å². The van der Waals surface area contributed by atoms with Gasteiger partial charge in [-0.25, -0.2) is 4.98 Å². The normalized spacial score (nSPS) is 17.7. The molecule has 0 bridgehead atoms. The third-order valence-corrected chi connectivity index (χ3v) is 4.99. The Kier molecular flexibility index (Phi) is 5.03. The van der Waals surface area contributed by atoms with Gasteiger partial charge in [0.15, 0.2) is 0 Å². The minimum Gasteiger partial charge on any atom is -0.378 e. The molecule has 0 unspecified atom stereocenters. The number of pyridine rings is 1. The molecule has 0 radical (unpaired) electrons. The highest BCUT2D eigenvalue weighted by atomic mass is 16.5. The summed E-state index contributed by atoms with van der Waals surface area (Å²) in [6.45, 7) is 8.46. The van der Waals surface area contributed by atoms with E-state index in [-0.39, 0.29) is 0 Å². The molecule has 0 aromatic carbocycles. The summed E-state index contributed by atoms with van der Waals surface area (Å²) in [5.74, 6) is 1.75. The number of anilines is 3. The molecular weight excluding hydrogens is 342 g/mol. The number of ether oxygens (including phenoxy) is 1. The van der Waals surface area contributed by atoms with Crippen molar-refractivity contribution in [2.45, 2.75) is 6.92 Å². The zero-order valence-corrected chi connectivity index (χ0v) is 15.5. The molecule has 8 nitrogen and oxygen atoms in total. The van der Waals surface area contributed by atoms with Crippen LogP contribution in [0.4, 0.5) is 17.5 Å². The minimum absolute atomic E-state index is 0.667. The molecule has 0 spiro atoms. The molecule has 8 heteroatoms. The molecule has 2 aromatic rings. The Hall–Kier alpha value is -2.92. The van der Waals surface area contributed by atoms with Gasteiger partial charge in [-0.05, 0) is 13.0 Å². The molecule has 2 aromatic heterocycles. The number of nitrogens with zero attached hydrogens (tertiary/aromatic N) is 7. The average Bonchev–Trinajstić information content (AvgIpc) is 2.74. The SMILES string of the molecule is Cc1cc(N2CCOCC2)nc(N2CCN(c3cnccc3C#N)CC2)n1. The molecule has 140 valence electrons. The Morgan fingerprint density at radius 3 is 2.48 bits per heavy atom. The smallest absolute Gasteiger partial charge is 0.227 e. The topological polar surface area (TPSA) is 81.4 Å². The van der Waals surface area contributed by atoms with E-state index in [0.29, 0.717) is 5.56 Å². The van der Waals surface area contributed by atoms with E-state index in [1.807, 2.05) is 13.0 Å². The lowest BCUT2D eigenvalue weighted by atomic mass is 10.2. The molecule has 0 amide bonds. The first-order chi connectivity index (χ1) is 13.2. The van der Waals surface area contributed by atoms with E-state index in [0.717, 1.165) is 75.6 Å². The summed E-state index contributed by atoms with van der Waals surface area (Å²) in [5.41, 5.74) is 2.54. The highest BCUT2D eigenvalue weighted by molar-refractivity contribution is 5.58. The summed E-state index contributed by atoms with van der Waals surface area (Å²) >= 11 is 0. The highest BCUT2D eigenvalue weighted by Gasteiger charge is 2.22. The fourth-order valence-electron chi connectivity index (χ4n) is 3.51. The van der Waals surface area contributed by atoms with Crippen molar-refractivity contribution in [1.82, 2.24) is 15.0 Å². The number of hydrogen-bond donors (Lipinski definition) is 0. The number of rotatable bonds is 3. The first kappa shape index (κ1) is 17.5. The number of aryl methyl sites for hydroxylation is 1. The van der Waals surface area contributed by atoms with Crippen molar-refractivity contribution in [1.29, 1.82) is 5.26 Å². The van der Waals surface area contributed by atoms with Crippen LogP contribution < -0.4 is 14.7 Å². The van der Waals surface area contributed by atoms with Gasteiger partial charge in [-0.1, -0.05) is 0 Å². The van der Waals surface area contributed by atoms with Crippen molar-refractivity contribution in [3.63, 3.8) is 0 Å². The van der Waals surface area contributed by atoms with Gasteiger partial charge in [-0.3, -0.25) is 4.98 Å². The largest absolute Gasteiger partial charge is 0.378 e. The fraction of sp³-hybridized carbons (Fsp3) is 0.474. The zero-order valence-electron chi connectivity index (χ0n) is 15.5. The van der Waals surface area contributed by atoms with Crippen molar-refractivity contribution in [2.75, 3.05) is 67.2 Å². The van der Waals surface area contributed by atoms with Crippen LogP contribution in [0.1, 0.15) is 11.3 Å². The summed E-state index contributed by atoms with van der Waals surface area (Å²) in [6.07, 6.45) is 3.43. The molecular formula is C19H23N7O. The van der Waals surface area contributed by atoms with Crippen LogP contribution in [0, 0.1) is 18.3 Å². The van der Waals surface area contributed by atoms with Gasteiger partial charge in [-0.15, -0.1) is 0 Å². The van der Waals surface area contributed by atoms with E-state index in [1.165, 1.54) is 0 Å². The average molecular weight is 365 g/mol. The predicted molar refractivity (Wildman–Crippen MR) is 103 cm³/mol. The Morgan fingerprint density at radius 2 is 1.74 bits per heavy atom. The Bertz CT molecular complexity index is 836. The Labute approximate surface area is 159 Å². The minimum atomic E-state index is 0.667. The van der Waals surface area contributed by atoms with Crippen LogP contribution in [-0.2, 0) is 4.74 Å². The van der Waals surface area contributed by atoms with Gasteiger partial charge in [0.1, 0.15) is 11.9 Å². The van der Waals surface area contributed by atoms with E-state index in [1.54, 1.807) is 18.5 Å². The van der Waals surface area contributed by atoms with Crippen LogP contribution in [-0.4, -0.2) is 67.4 Å². The van der Waals surface area contributed by atoms with Crippen LogP contribution in [0.5, 0.6) is 0 Å². The molecule has 0 saturated carbocycles. The van der Waals surface area contributed by atoms with Crippen LogP contribution in [0.15, 0.2) is 24.5 Å². The number of aromatic nitrogens is 3. The maximum absolute atomic E-state index is 9.32. The number of piperazine rings is 1. The van der Waals surface area contributed by atoms with Gasteiger partial charge < -0.3 is 19.4 Å². The number of hydrogen-bond acceptors (Lipinski definition) is 8. The first-order valence-corrected chi connectivity index (χ1v) is 9.27. The molecule has 0 atom stereocenters. The second-order valence-corrected chi connectivity index (χ2v) is 6.75. The lowest BCUT2D eigenvalue weighted by Crippen LogP contribution is -2.47. The van der Waals surface area contributed by atoms with Crippen molar-refractivity contribution in [2.24, 2.45) is 0 Å². The molecule has 27 heavy (non-hydrogen) atoms. The number of nitriles is 1. The van der Waals surface area contributed by atoms with Gasteiger partial charge >= 0.3 is 0 Å². The Morgan fingerprint density at radius 1 is 1.00 bits per heavy atom. The van der Waals surface area contributed by atoms with Crippen molar-refractivity contribution < 1.29 is 4.74 Å². The monoisotopic (exact) mass is 365 g/mol. The number of morpholine rings is 1. The van der Waals surface area contributed by atoms with Crippen molar-refractivity contribution in [3.8, 4) is 6.07 Å². The molecule has 2 aliphatic rings. The lowest BCUT2D eigenvalue weighted by Gasteiger charge is -2.36. The standard InChI is InChI=1S/C19H23N7O/c1-15-12-18(25-8-10-27-11-9-25)23-19(22-15)26-6-4-24(5-7-26)17-14-21-3-2-16(17)13-20/h2-3,12,14H,4-11H2,1H3. The molecule has 0 aliphatic carbocycles. The van der Waals surface area contributed by atoms with E-state index in [2.05, 4.69) is 30.7 Å². The lowest BCUT2D eigenvalue weighted by molar-refractivity contribution is 0.122. The maximum atomic E-state index is 9.32. The van der Waals surface area contributed by atoms with Gasteiger partial charge in [0.2, 0.25) is 5.95 Å². The second kappa shape index (κ2) is 7.76. The Balaban J connectivity index is 1.48. The van der Waals surface area contributed by atoms with Gasteiger partial charge in [0.05, 0.1) is 30.7 Å². The zero-order chi connectivity index (χ0) is 18.6. The van der Waals surface area contributed by atoms with E-state index < -0.39 is 0 Å². The van der Waals surface area contributed by atoms with Crippen molar-refractivity contribution >= 4 is 17.5 Å². The van der Waals surface area contributed by atoms with Crippen LogP contribution in [0.25, 0.3) is 0 Å². The van der Waals surface area contributed by atoms with E-state index in [4.69, 9.17) is 9.72 Å². The summed E-state index contributed by atoms with van der Waals surface area (Å²) < 4.78 is 5.44. The van der Waals surface area contributed by atoms with Gasteiger partial charge in [0.25, 0.3) is 0 Å². The highest BCUT2D eigenvalue weighted by Crippen LogP contribution is 2.23. The molecule has 0 N–H and O–H groups in total. The third-order valence-electron chi connectivity index (χ3n) is 4.99. The van der Waals surface area contributed by atoms with Gasteiger partial charge in [-0.2, -0.15) is 10.2 Å². The molecule has 2 fully saturated rings.